The normalized spacial score (nSPS) is 27.3. The van der Waals surface area contributed by atoms with Crippen molar-refractivity contribution in [3.63, 3.8) is 0 Å². The molecule has 0 aliphatic carbocycles. The molecule has 2 amide bonds. The third-order valence-electron chi connectivity index (χ3n) is 4.87. The molecule has 7 nitrogen and oxygen atoms in total. The van der Waals surface area contributed by atoms with Gasteiger partial charge in [-0.2, -0.15) is 0 Å². The zero-order chi connectivity index (χ0) is 18.0. The summed E-state index contributed by atoms with van der Waals surface area (Å²) in [5, 5.41) is 2.27. The van der Waals surface area contributed by atoms with Gasteiger partial charge in [0.2, 0.25) is 0 Å². The van der Waals surface area contributed by atoms with E-state index in [2.05, 4.69) is 16.2 Å². The van der Waals surface area contributed by atoms with Crippen molar-refractivity contribution < 1.29 is 17.6 Å². The number of benzene rings is 1. The molecule has 0 saturated carbocycles. The Bertz CT molecular complexity index is 725. The molecule has 1 aromatic carbocycles. The number of nitrogens with one attached hydrogen (secondary N) is 3. The number of piperidine rings is 1. The Morgan fingerprint density at radius 2 is 2.04 bits per heavy atom. The zero-order valence-corrected chi connectivity index (χ0v) is 14.9. The van der Waals surface area contributed by atoms with Crippen LogP contribution in [0.1, 0.15) is 12.8 Å². The first-order valence-electron chi connectivity index (χ1n) is 8.33. The molecule has 3 N–H and O–H groups in total. The van der Waals surface area contributed by atoms with Crippen LogP contribution >= 0.6 is 0 Å². The molecular weight excluding hydrogens is 347 g/mol. The van der Waals surface area contributed by atoms with Crippen molar-refractivity contribution in [3.05, 3.63) is 30.1 Å². The fourth-order valence-corrected chi connectivity index (χ4v) is 4.77. The van der Waals surface area contributed by atoms with Gasteiger partial charge in [0.1, 0.15) is 5.82 Å². The second kappa shape index (κ2) is 7.27. The van der Waals surface area contributed by atoms with Crippen molar-refractivity contribution >= 4 is 21.6 Å². The summed E-state index contributed by atoms with van der Waals surface area (Å²) < 4.78 is 36.9. The van der Waals surface area contributed by atoms with E-state index in [1.54, 1.807) is 4.90 Å². The Morgan fingerprint density at radius 3 is 2.72 bits per heavy atom. The van der Waals surface area contributed by atoms with Crippen molar-refractivity contribution in [2.75, 3.05) is 31.2 Å². The number of hydrazine groups is 1. The molecular formula is C16H23FN4O3S. The van der Waals surface area contributed by atoms with E-state index in [0.29, 0.717) is 25.3 Å². The summed E-state index contributed by atoms with van der Waals surface area (Å²) in [6, 6.07) is 5.14. The van der Waals surface area contributed by atoms with Crippen LogP contribution in [0.5, 0.6) is 0 Å². The van der Waals surface area contributed by atoms with E-state index in [1.807, 2.05) is 0 Å². The lowest BCUT2D eigenvalue weighted by Crippen LogP contribution is -2.51. The lowest BCUT2D eigenvalue weighted by atomic mass is 9.89. The molecule has 3 rings (SSSR count). The van der Waals surface area contributed by atoms with Gasteiger partial charge in [-0.05, 0) is 43.0 Å². The van der Waals surface area contributed by atoms with Crippen LogP contribution < -0.4 is 16.2 Å². The van der Waals surface area contributed by atoms with Crippen LogP contribution in [0.2, 0.25) is 0 Å². The molecule has 2 heterocycles. The minimum absolute atomic E-state index is 0.0578. The molecule has 1 aromatic rings. The Labute approximate surface area is 146 Å². The number of sulfone groups is 1. The number of anilines is 1. The first-order valence-corrected chi connectivity index (χ1v) is 10.3. The van der Waals surface area contributed by atoms with Crippen LogP contribution in [0.25, 0.3) is 0 Å². The lowest BCUT2D eigenvalue weighted by Gasteiger charge is -2.36. The molecule has 0 bridgehead atoms. The Balaban J connectivity index is 1.64. The van der Waals surface area contributed by atoms with Crippen LogP contribution in [0, 0.1) is 11.7 Å². The van der Waals surface area contributed by atoms with Gasteiger partial charge in [-0.3, -0.25) is 10.9 Å². The van der Waals surface area contributed by atoms with E-state index >= 15 is 0 Å². The summed E-state index contributed by atoms with van der Waals surface area (Å²) in [4.78, 5) is 14.1. The molecule has 3 atom stereocenters. The molecule has 0 radical (unpaired) electrons. The minimum Gasteiger partial charge on any atom is -0.324 e. The van der Waals surface area contributed by atoms with Crippen molar-refractivity contribution in [1.29, 1.82) is 0 Å². The predicted molar refractivity (Wildman–Crippen MR) is 93.3 cm³/mol. The number of likely N-dealkylation sites (tertiary alicyclic amines) is 1. The number of rotatable bonds is 3. The highest BCUT2D eigenvalue weighted by molar-refractivity contribution is 7.91. The monoisotopic (exact) mass is 370 g/mol. The molecule has 2 saturated heterocycles. The van der Waals surface area contributed by atoms with Crippen LogP contribution in [0.3, 0.4) is 0 Å². The second-order valence-electron chi connectivity index (χ2n) is 6.70. The predicted octanol–water partition coefficient (Wildman–Crippen LogP) is 0.959. The van der Waals surface area contributed by atoms with Gasteiger partial charge in [-0.1, -0.05) is 0 Å². The molecule has 2 aliphatic heterocycles. The first kappa shape index (κ1) is 18.1. The standard InChI is InChI=1S/C16H23FN4O3S/c1-25(23,24)14-9-18-20-15(14)11-3-2-8-21(10-11)16(22)19-13-6-4-12(17)5-7-13/h4-7,11,14-15,18,20H,2-3,8-10H2,1H3,(H,19,22). The van der Waals surface area contributed by atoms with E-state index in [0.717, 1.165) is 12.8 Å². The summed E-state index contributed by atoms with van der Waals surface area (Å²) in [5.74, 6) is -0.301. The number of nitrogens with zero attached hydrogens (tertiary/aromatic N) is 1. The topological polar surface area (TPSA) is 90.5 Å². The number of hydrogen-bond acceptors (Lipinski definition) is 5. The van der Waals surface area contributed by atoms with E-state index in [9.17, 15) is 17.6 Å². The third kappa shape index (κ3) is 4.28. The number of amides is 2. The molecule has 2 fully saturated rings. The minimum atomic E-state index is -3.17. The number of carbonyl (C=O) groups excluding carboxylic acids is 1. The molecule has 9 heteroatoms. The number of carbonyl (C=O) groups is 1. The van der Waals surface area contributed by atoms with E-state index in [1.165, 1.54) is 30.5 Å². The summed E-state index contributed by atoms with van der Waals surface area (Å²) in [6.07, 6.45) is 2.93. The van der Waals surface area contributed by atoms with Gasteiger partial charge < -0.3 is 10.2 Å². The van der Waals surface area contributed by atoms with Crippen molar-refractivity contribution in [3.8, 4) is 0 Å². The van der Waals surface area contributed by atoms with Gasteiger partial charge in [-0.15, -0.1) is 0 Å². The van der Waals surface area contributed by atoms with Crippen molar-refractivity contribution in [2.24, 2.45) is 5.92 Å². The summed E-state index contributed by atoms with van der Waals surface area (Å²) in [6.45, 7) is 1.48. The smallest absolute Gasteiger partial charge is 0.321 e. The Morgan fingerprint density at radius 1 is 1.32 bits per heavy atom. The molecule has 138 valence electrons. The van der Waals surface area contributed by atoms with Gasteiger partial charge in [-0.25, -0.2) is 17.6 Å². The maximum atomic E-state index is 13.0. The van der Waals surface area contributed by atoms with Crippen molar-refractivity contribution in [1.82, 2.24) is 15.8 Å². The molecule has 25 heavy (non-hydrogen) atoms. The van der Waals surface area contributed by atoms with E-state index < -0.39 is 15.1 Å². The van der Waals surface area contributed by atoms with Crippen molar-refractivity contribution in [2.45, 2.75) is 24.1 Å². The third-order valence-corrected chi connectivity index (χ3v) is 6.43. The van der Waals surface area contributed by atoms with Gasteiger partial charge in [0, 0.05) is 37.6 Å². The summed E-state index contributed by atoms with van der Waals surface area (Å²) >= 11 is 0. The Kier molecular flexibility index (Phi) is 5.26. The van der Waals surface area contributed by atoms with Gasteiger partial charge >= 0.3 is 6.03 Å². The van der Waals surface area contributed by atoms with Gasteiger partial charge in [0.05, 0.1) is 5.25 Å². The van der Waals surface area contributed by atoms with Crippen LogP contribution in [-0.4, -0.2) is 56.5 Å². The van der Waals surface area contributed by atoms with E-state index in [4.69, 9.17) is 0 Å². The molecule has 0 spiro atoms. The van der Waals surface area contributed by atoms with Gasteiger partial charge in [0.15, 0.2) is 9.84 Å². The molecule has 0 aromatic heterocycles. The summed E-state index contributed by atoms with van der Waals surface area (Å²) in [5.41, 5.74) is 6.53. The van der Waals surface area contributed by atoms with E-state index in [-0.39, 0.29) is 23.8 Å². The average molecular weight is 370 g/mol. The van der Waals surface area contributed by atoms with Gasteiger partial charge in [0.25, 0.3) is 0 Å². The highest BCUT2D eigenvalue weighted by Gasteiger charge is 2.41. The largest absolute Gasteiger partial charge is 0.324 e. The Hall–Kier alpha value is -1.71. The SMILES string of the molecule is CS(=O)(=O)C1CNNC1C1CCCN(C(=O)Nc2ccc(F)cc2)C1. The fourth-order valence-electron chi connectivity index (χ4n) is 3.56. The number of urea groups is 1. The second-order valence-corrected chi connectivity index (χ2v) is 8.97. The maximum absolute atomic E-state index is 13.0. The fraction of sp³-hybridized carbons (Fsp3) is 0.562. The summed E-state index contributed by atoms with van der Waals surface area (Å²) in [7, 11) is -3.17. The van der Waals surface area contributed by atoms with Crippen LogP contribution in [0.4, 0.5) is 14.9 Å². The average Bonchev–Trinajstić information content (AvgIpc) is 3.07. The number of hydrogen-bond donors (Lipinski definition) is 3. The number of halogens is 1. The lowest BCUT2D eigenvalue weighted by molar-refractivity contribution is 0.162. The maximum Gasteiger partial charge on any atom is 0.321 e. The highest BCUT2D eigenvalue weighted by Crippen LogP contribution is 2.26. The van der Waals surface area contributed by atoms with Crippen LogP contribution in [-0.2, 0) is 9.84 Å². The quantitative estimate of drug-likeness (QED) is 0.737. The molecule has 3 unspecified atom stereocenters. The first-order chi connectivity index (χ1) is 11.8. The highest BCUT2D eigenvalue weighted by atomic mass is 32.2. The molecule has 2 aliphatic rings. The zero-order valence-electron chi connectivity index (χ0n) is 14.0. The van der Waals surface area contributed by atoms with Crippen LogP contribution in [0.15, 0.2) is 24.3 Å².